The molecule has 2 heterocycles. The van der Waals surface area contributed by atoms with Crippen molar-refractivity contribution in [3.8, 4) is 11.5 Å². The van der Waals surface area contributed by atoms with Crippen LogP contribution in [-0.4, -0.2) is 30.9 Å². The third-order valence-corrected chi connectivity index (χ3v) is 2.99. The normalized spacial score (nSPS) is 17.7. The molecular weight excluding hydrogens is 288 g/mol. The number of nitrogens with zero attached hydrogens (tertiary/aromatic N) is 1. The van der Waals surface area contributed by atoms with Crippen LogP contribution in [0, 0.1) is 0 Å². The predicted molar refractivity (Wildman–Crippen MR) is 75.8 cm³/mol. The molecule has 2 aromatic rings. The number of methoxy groups -OCH3 is 1. The van der Waals surface area contributed by atoms with E-state index in [0.29, 0.717) is 11.5 Å². The van der Waals surface area contributed by atoms with Gasteiger partial charge in [0.2, 0.25) is 0 Å². The van der Waals surface area contributed by atoms with Crippen molar-refractivity contribution >= 4 is 17.6 Å². The molecule has 0 bridgehead atoms. The van der Waals surface area contributed by atoms with Gasteiger partial charge >= 0.3 is 0 Å². The van der Waals surface area contributed by atoms with Gasteiger partial charge in [-0.15, -0.1) is 0 Å². The van der Waals surface area contributed by atoms with Crippen molar-refractivity contribution in [2.45, 2.75) is 6.10 Å². The Morgan fingerprint density at radius 2 is 1.91 bits per heavy atom. The highest BCUT2D eigenvalue weighted by molar-refractivity contribution is 6.21. The van der Waals surface area contributed by atoms with E-state index in [1.54, 1.807) is 36.4 Å². The largest absolute Gasteiger partial charge is 0.493 e. The smallest absolute Gasteiger partial charge is 0.298 e. The molecule has 7 heteroatoms. The van der Waals surface area contributed by atoms with Gasteiger partial charge in [0.1, 0.15) is 0 Å². The van der Waals surface area contributed by atoms with Crippen LogP contribution in [0.25, 0.3) is 0 Å². The van der Waals surface area contributed by atoms with Crippen LogP contribution in [0.1, 0.15) is 5.76 Å². The number of para-hydroxylation sites is 2. The summed E-state index contributed by atoms with van der Waals surface area (Å²) >= 11 is 0. The molecule has 2 amide bonds. The second-order valence-corrected chi connectivity index (χ2v) is 4.41. The third kappa shape index (κ3) is 2.56. The van der Waals surface area contributed by atoms with Gasteiger partial charge in [-0.1, -0.05) is 12.1 Å². The van der Waals surface area contributed by atoms with E-state index in [1.165, 1.54) is 13.4 Å². The average Bonchev–Trinajstić information content (AvgIpc) is 3.05. The number of amides is 2. The minimum Gasteiger partial charge on any atom is -0.493 e. The maximum atomic E-state index is 12.1. The highest BCUT2D eigenvalue weighted by atomic mass is 16.5. The fraction of sp³-hybridized carbons (Fsp3) is 0.133. The van der Waals surface area contributed by atoms with E-state index < -0.39 is 17.9 Å². The van der Waals surface area contributed by atoms with Gasteiger partial charge in [0, 0.05) is 0 Å². The Balaban J connectivity index is 1.84. The standard InChI is InChI=1S/C15H12N2O5/c1-20-9-5-2-3-6-10(9)22-12-14(18)16-13(17-15(12)19)11-7-4-8-21-11/h2-8,12H,1H3,(H,16,17,18,19). The van der Waals surface area contributed by atoms with Gasteiger partial charge < -0.3 is 19.2 Å². The topological polar surface area (TPSA) is 90.1 Å². The number of nitrogens with one attached hydrogen (secondary N) is 1. The van der Waals surface area contributed by atoms with E-state index in [2.05, 4.69) is 10.3 Å². The second kappa shape index (κ2) is 5.72. The van der Waals surface area contributed by atoms with Gasteiger partial charge in [-0.2, -0.15) is 4.99 Å². The number of rotatable bonds is 4. The zero-order chi connectivity index (χ0) is 15.5. The molecular formula is C15H12N2O5. The number of carbonyl (C=O) groups is 2. The molecule has 1 unspecified atom stereocenters. The second-order valence-electron chi connectivity index (χ2n) is 4.41. The number of amidine groups is 1. The summed E-state index contributed by atoms with van der Waals surface area (Å²) in [6.45, 7) is 0. The lowest BCUT2D eigenvalue weighted by molar-refractivity contribution is -0.137. The minimum atomic E-state index is -1.37. The summed E-state index contributed by atoms with van der Waals surface area (Å²) in [6, 6.07) is 9.95. The van der Waals surface area contributed by atoms with Gasteiger partial charge in [0.25, 0.3) is 17.9 Å². The zero-order valence-corrected chi connectivity index (χ0v) is 11.6. The Morgan fingerprint density at radius 1 is 1.14 bits per heavy atom. The number of benzene rings is 1. The van der Waals surface area contributed by atoms with Gasteiger partial charge in [0.05, 0.1) is 13.4 Å². The molecule has 1 aromatic heterocycles. The highest BCUT2D eigenvalue weighted by Gasteiger charge is 2.35. The number of aliphatic imine (C=N–C) groups is 1. The molecule has 0 fully saturated rings. The summed E-state index contributed by atoms with van der Waals surface area (Å²) in [7, 11) is 1.47. The summed E-state index contributed by atoms with van der Waals surface area (Å²) in [5, 5.41) is 2.49. The van der Waals surface area contributed by atoms with Crippen molar-refractivity contribution in [2.24, 2.45) is 4.99 Å². The molecule has 0 spiro atoms. The molecule has 1 aliphatic heterocycles. The minimum absolute atomic E-state index is 0.0693. The van der Waals surface area contributed by atoms with Crippen LogP contribution in [0.3, 0.4) is 0 Å². The summed E-state index contributed by atoms with van der Waals surface area (Å²) in [4.78, 5) is 27.9. The molecule has 0 saturated carbocycles. The van der Waals surface area contributed by atoms with Crippen LogP contribution >= 0.6 is 0 Å². The molecule has 0 aliphatic carbocycles. The van der Waals surface area contributed by atoms with Crippen LogP contribution in [-0.2, 0) is 9.59 Å². The molecule has 0 radical (unpaired) electrons. The lowest BCUT2D eigenvalue weighted by Gasteiger charge is -2.21. The summed E-state index contributed by atoms with van der Waals surface area (Å²) in [5.41, 5.74) is 0. The van der Waals surface area contributed by atoms with E-state index >= 15 is 0 Å². The molecule has 1 aliphatic rings. The monoisotopic (exact) mass is 300 g/mol. The Labute approximate surface area is 125 Å². The number of hydrogen-bond acceptors (Lipinski definition) is 5. The summed E-state index contributed by atoms with van der Waals surface area (Å²) in [6.07, 6.45) is 0.0568. The Hall–Kier alpha value is -3.09. The number of hydrogen-bond donors (Lipinski definition) is 1. The Kier molecular flexibility index (Phi) is 3.61. The van der Waals surface area contributed by atoms with Gasteiger partial charge in [-0.05, 0) is 24.3 Å². The fourth-order valence-electron chi connectivity index (χ4n) is 1.97. The summed E-state index contributed by atoms with van der Waals surface area (Å²) in [5.74, 6) is -0.241. The van der Waals surface area contributed by atoms with Crippen LogP contribution in [0.15, 0.2) is 52.1 Å². The molecule has 1 N–H and O–H groups in total. The SMILES string of the molecule is COc1ccccc1OC1C(=O)N=C(c2ccco2)NC1=O. The van der Waals surface area contributed by atoms with Crippen LogP contribution in [0.5, 0.6) is 11.5 Å². The van der Waals surface area contributed by atoms with Crippen molar-refractivity contribution in [2.75, 3.05) is 7.11 Å². The maximum absolute atomic E-state index is 12.1. The number of ether oxygens (including phenoxy) is 2. The number of furan rings is 1. The zero-order valence-electron chi connectivity index (χ0n) is 11.6. The van der Waals surface area contributed by atoms with Crippen molar-refractivity contribution in [3.05, 3.63) is 48.4 Å². The van der Waals surface area contributed by atoms with Crippen molar-refractivity contribution < 1.29 is 23.5 Å². The number of carbonyl (C=O) groups excluding carboxylic acids is 2. The lowest BCUT2D eigenvalue weighted by Crippen LogP contribution is -2.50. The van der Waals surface area contributed by atoms with Gasteiger partial charge in [-0.25, -0.2) is 0 Å². The highest BCUT2D eigenvalue weighted by Crippen LogP contribution is 2.27. The van der Waals surface area contributed by atoms with Crippen molar-refractivity contribution in [1.82, 2.24) is 5.32 Å². The quantitative estimate of drug-likeness (QED) is 0.855. The van der Waals surface area contributed by atoms with E-state index in [-0.39, 0.29) is 11.6 Å². The molecule has 0 saturated heterocycles. The third-order valence-electron chi connectivity index (χ3n) is 2.99. The summed E-state index contributed by atoms with van der Waals surface area (Å²) < 4.78 is 15.7. The first kappa shape index (κ1) is 13.9. The fourth-order valence-corrected chi connectivity index (χ4v) is 1.97. The van der Waals surface area contributed by atoms with E-state index in [9.17, 15) is 9.59 Å². The van der Waals surface area contributed by atoms with E-state index in [4.69, 9.17) is 13.9 Å². The van der Waals surface area contributed by atoms with E-state index in [1.807, 2.05) is 0 Å². The molecule has 1 atom stereocenters. The lowest BCUT2D eigenvalue weighted by atomic mass is 10.2. The first-order valence-electron chi connectivity index (χ1n) is 6.46. The predicted octanol–water partition coefficient (Wildman–Crippen LogP) is 1.14. The molecule has 3 rings (SSSR count). The molecule has 22 heavy (non-hydrogen) atoms. The van der Waals surface area contributed by atoms with Crippen LogP contribution < -0.4 is 14.8 Å². The van der Waals surface area contributed by atoms with Crippen molar-refractivity contribution in [3.63, 3.8) is 0 Å². The van der Waals surface area contributed by atoms with Crippen LogP contribution in [0.4, 0.5) is 0 Å². The Bertz CT molecular complexity index is 736. The average molecular weight is 300 g/mol. The van der Waals surface area contributed by atoms with Crippen LogP contribution in [0.2, 0.25) is 0 Å². The molecule has 1 aromatic carbocycles. The molecule has 112 valence electrons. The van der Waals surface area contributed by atoms with Gasteiger partial charge in [0.15, 0.2) is 23.1 Å². The van der Waals surface area contributed by atoms with E-state index in [0.717, 1.165) is 0 Å². The van der Waals surface area contributed by atoms with Crippen molar-refractivity contribution in [1.29, 1.82) is 0 Å². The first-order chi connectivity index (χ1) is 10.7. The first-order valence-corrected chi connectivity index (χ1v) is 6.46. The Morgan fingerprint density at radius 3 is 2.55 bits per heavy atom. The molecule has 7 nitrogen and oxygen atoms in total. The van der Waals surface area contributed by atoms with Gasteiger partial charge in [-0.3, -0.25) is 9.59 Å². The maximum Gasteiger partial charge on any atom is 0.298 e.